The molecule has 1 heterocycles. The number of amides is 1. The number of nitrogens with one attached hydrogen (secondary N) is 1. The fourth-order valence-corrected chi connectivity index (χ4v) is 3.47. The van der Waals surface area contributed by atoms with Crippen molar-refractivity contribution in [2.24, 2.45) is 5.92 Å². The lowest BCUT2D eigenvalue weighted by molar-refractivity contribution is -0.119. The summed E-state index contributed by atoms with van der Waals surface area (Å²) >= 11 is 4.77. The van der Waals surface area contributed by atoms with Crippen molar-refractivity contribution in [2.45, 2.75) is 31.0 Å². The topological polar surface area (TPSA) is 85.8 Å². The van der Waals surface area contributed by atoms with Gasteiger partial charge in [-0.15, -0.1) is 10.2 Å². The fraction of sp³-hybridized carbons (Fsp3) is 0.400. The Kier molecular flexibility index (Phi) is 4.91. The summed E-state index contributed by atoms with van der Waals surface area (Å²) in [6.07, 6.45) is 2.42. The lowest BCUT2D eigenvalue weighted by atomic mass is 10.2. The molecule has 23 heavy (non-hydrogen) atoms. The quantitative estimate of drug-likeness (QED) is 0.579. The average molecular weight is 396 g/mol. The standard InChI is InChI=1S/C15H18BrN5OS/c1-9(10-6-7-10)18-13(22)8-23-15-20-19-14(21(15)17)11-4-2-3-5-12(11)16/h2-5,9-10H,6-8,17H2,1H3,(H,18,22)/t9-/m0/s1. The van der Waals surface area contributed by atoms with E-state index < -0.39 is 0 Å². The first-order chi connectivity index (χ1) is 11.1. The van der Waals surface area contributed by atoms with Gasteiger partial charge in [0.05, 0.1) is 5.75 Å². The van der Waals surface area contributed by atoms with Gasteiger partial charge < -0.3 is 11.2 Å². The highest BCUT2D eigenvalue weighted by Gasteiger charge is 2.28. The van der Waals surface area contributed by atoms with E-state index in [2.05, 4.69) is 38.4 Å². The van der Waals surface area contributed by atoms with Crippen LogP contribution in [0.15, 0.2) is 33.9 Å². The van der Waals surface area contributed by atoms with E-state index in [-0.39, 0.29) is 17.7 Å². The Bertz CT molecular complexity index is 716. The molecule has 2 aromatic rings. The highest BCUT2D eigenvalue weighted by molar-refractivity contribution is 9.10. The predicted octanol–water partition coefficient (Wildman–Crippen LogP) is 2.43. The predicted molar refractivity (Wildman–Crippen MR) is 94.4 cm³/mol. The van der Waals surface area contributed by atoms with Gasteiger partial charge in [0.2, 0.25) is 11.1 Å². The van der Waals surface area contributed by atoms with E-state index in [0.29, 0.717) is 16.9 Å². The first-order valence-corrected chi connectivity index (χ1v) is 9.21. The minimum absolute atomic E-state index is 0.000147. The van der Waals surface area contributed by atoms with E-state index in [1.807, 2.05) is 24.3 Å². The Morgan fingerprint density at radius 2 is 2.22 bits per heavy atom. The Morgan fingerprint density at radius 1 is 1.48 bits per heavy atom. The fourth-order valence-electron chi connectivity index (χ4n) is 2.34. The molecule has 122 valence electrons. The molecule has 0 unspecified atom stereocenters. The normalized spacial score (nSPS) is 15.4. The molecule has 0 saturated heterocycles. The number of nitrogen functional groups attached to an aromatic ring is 1. The zero-order valence-electron chi connectivity index (χ0n) is 12.7. The van der Waals surface area contributed by atoms with Crippen LogP contribution in [0.5, 0.6) is 0 Å². The maximum absolute atomic E-state index is 12.0. The molecular weight excluding hydrogens is 378 g/mol. The van der Waals surface area contributed by atoms with E-state index in [0.717, 1.165) is 10.0 Å². The van der Waals surface area contributed by atoms with Gasteiger partial charge in [0.25, 0.3) is 0 Å². The zero-order chi connectivity index (χ0) is 16.4. The van der Waals surface area contributed by atoms with Crippen LogP contribution in [-0.4, -0.2) is 32.6 Å². The maximum atomic E-state index is 12.0. The Hall–Kier alpha value is -1.54. The van der Waals surface area contributed by atoms with Crippen LogP contribution in [0.2, 0.25) is 0 Å². The van der Waals surface area contributed by atoms with Crippen molar-refractivity contribution in [1.82, 2.24) is 20.2 Å². The van der Waals surface area contributed by atoms with E-state index in [1.54, 1.807) is 0 Å². The summed E-state index contributed by atoms with van der Waals surface area (Å²) < 4.78 is 2.31. The molecule has 1 aromatic heterocycles. The molecule has 3 rings (SSSR count). The highest BCUT2D eigenvalue weighted by atomic mass is 79.9. The minimum atomic E-state index is -0.000147. The van der Waals surface area contributed by atoms with E-state index in [9.17, 15) is 4.79 Å². The molecule has 6 nitrogen and oxygen atoms in total. The van der Waals surface area contributed by atoms with Gasteiger partial charge in [0, 0.05) is 16.1 Å². The van der Waals surface area contributed by atoms with Crippen molar-refractivity contribution in [3.8, 4) is 11.4 Å². The summed E-state index contributed by atoms with van der Waals surface area (Å²) in [6, 6.07) is 7.91. The molecule has 1 aliphatic rings. The number of carbonyl (C=O) groups is 1. The molecule has 1 amide bonds. The monoisotopic (exact) mass is 395 g/mol. The van der Waals surface area contributed by atoms with Gasteiger partial charge in [-0.05, 0) is 37.8 Å². The van der Waals surface area contributed by atoms with Crippen molar-refractivity contribution in [1.29, 1.82) is 0 Å². The van der Waals surface area contributed by atoms with Gasteiger partial charge in [-0.3, -0.25) is 4.79 Å². The third-order valence-electron chi connectivity index (χ3n) is 3.83. The number of nitrogens with zero attached hydrogens (tertiary/aromatic N) is 3. The molecule has 1 aliphatic carbocycles. The maximum Gasteiger partial charge on any atom is 0.230 e. The van der Waals surface area contributed by atoms with Gasteiger partial charge in [0.15, 0.2) is 5.82 Å². The van der Waals surface area contributed by atoms with Crippen LogP contribution in [-0.2, 0) is 4.79 Å². The first-order valence-electron chi connectivity index (χ1n) is 7.44. The number of carbonyl (C=O) groups excluding carboxylic acids is 1. The van der Waals surface area contributed by atoms with Crippen LogP contribution in [0, 0.1) is 5.92 Å². The number of benzene rings is 1. The summed E-state index contributed by atoms with van der Waals surface area (Å²) in [4.78, 5) is 12.0. The third-order valence-corrected chi connectivity index (χ3v) is 5.46. The Labute approximate surface area is 147 Å². The van der Waals surface area contributed by atoms with Gasteiger partial charge in [-0.1, -0.05) is 39.8 Å². The van der Waals surface area contributed by atoms with Crippen molar-refractivity contribution < 1.29 is 4.79 Å². The van der Waals surface area contributed by atoms with E-state index >= 15 is 0 Å². The number of hydrogen-bond donors (Lipinski definition) is 2. The number of halogens is 1. The largest absolute Gasteiger partial charge is 0.353 e. The van der Waals surface area contributed by atoms with Gasteiger partial charge in [-0.25, -0.2) is 4.68 Å². The van der Waals surface area contributed by atoms with Crippen molar-refractivity contribution in [2.75, 3.05) is 11.6 Å². The number of rotatable bonds is 6. The zero-order valence-corrected chi connectivity index (χ0v) is 15.1. The average Bonchev–Trinajstić information content (AvgIpc) is 3.31. The van der Waals surface area contributed by atoms with E-state index in [4.69, 9.17) is 5.84 Å². The SMILES string of the molecule is C[C@H](NC(=O)CSc1nnc(-c2ccccc2Br)n1N)C1CC1. The van der Waals surface area contributed by atoms with Crippen LogP contribution in [0.1, 0.15) is 19.8 Å². The molecular formula is C15H18BrN5OS. The number of hydrogen-bond acceptors (Lipinski definition) is 5. The lowest BCUT2D eigenvalue weighted by Gasteiger charge is -2.12. The summed E-state index contributed by atoms with van der Waals surface area (Å²) in [5.74, 6) is 7.55. The second kappa shape index (κ2) is 6.92. The molecule has 8 heteroatoms. The molecule has 1 fully saturated rings. The van der Waals surface area contributed by atoms with Gasteiger partial charge in [-0.2, -0.15) is 0 Å². The molecule has 1 aromatic carbocycles. The van der Waals surface area contributed by atoms with Crippen molar-refractivity contribution >= 4 is 33.6 Å². The Morgan fingerprint density at radius 3 is 2.91 bits per heavy atom. The second-order valence-electron chi connectivity index (χ2n) is 5.64. The summed E-state index contributed by atoms with van der Waals surface area (Å²) in [7, 11) is 0. The number of thioether (sulfide) groups is 1. The smallest absolute Gasteiger partial charge is 0.230 e. The van der Waals surface area contributed by atoms with Gasteiger partial charge in [0.1, 0.15) is 0 Å². The van der Waals surface area contributed by atoms with Crippen LogP contribution in [0.4, 0.5) is 0 Å². The van der Waals surface area contributed by atoms with Crippen molar-refractivity contribution in [3.05, 3.63) is 28.7 Å². The molecule has 0 spiro atoms. The Balaban J connectivity index is 1.63. The minimum Gasteiger partial charge on any atom is -0.353 e. The second-order valence-corrected chi connectivity index (χ2v) is 7.44. The van der Waals surface area contributed by atoms with E-state index in [1.165, 1.54) is 29.3 Å². The molecule has 0 radical (unpaired) electrons. The van der Waals surface area contributed by atoms with Crippen molar-refractivity contribution in [3.63, 3.8) is 0 Å². The lowest BCUT2D eigenvalue weighted by Crippen LogP contribution is -2.35. The molecule has 1 saturated carbocycles. The summed E-state index contributed by atoms with van der Waals surface area (Å²) in [5, 5.41) is 11.7. The summed E-state index contributed by atoms with van der Waals surface area (Å²) in [6.45, 7) is 2.05. The van der Waals surface area contributed by atoms with Crippen LogP contribution in [0.3, 0.4) is 0 Å². The van der Waals surface area contributed by atoms with Crippen LogP contribution in [0.25, 0.3) is 11.4 Å². The third kappa shape index (κ3) is 3.87. The molecule has 1 atom stereocenters. The number of aromatic nitrogens is 3. The first kappa shape index (κ1) is 16.3. The highest BCUT2D eigenvalue weighted by Crippen LogP contribution is 2.32. The van der Waals surface area contributed by atoms with Crippen LogP contribution >= 0.6 is 27.7 Å². The molecule has 3 N–H and O–H groups in total. The number of nitrogens with two attached hydrogens (primary N) is 1. The molecule has 0 aliphatic heterocycles. The van der Waals surface area contributed by atoms with Gasteiger partial charge >= 0.3 is 0 Å². The summed E-state index contributed by atoms with van der Waals surface area (Å²) in [5.41, 5.74) is 0.862. The molecule has 0 bridgehead atoms. The van der Waals surface area contributed by atoms with Crippen LogP contribution < -0.4 is 11.2 Å².